The number of hydrogen-bond donors (Lipinski definition) is 2. The Morgan fingerprint density at radius 1 is 1.37 bits per heavy atom. The molecule has 0 saturated heterocycles. The zero-order valence-corrected chi connectivity index (χ0v) is 12.1. The minimum absolute atomic E-state index is 0.0668. The molecule has 0 aliphatic carbocycles. The Labute approximate surface area is 115 Å². The highest BCUT2D eigenvalue weighted by molar-refractivity contribution is 5.78. The van der Waals surface area contributed by atoms with Crippen molar-refractivity contribution in [3.8, 4) is 0 Å². The lowest BCUT2D eigenvalue weighted by molar-refractivity contribution is -0.123. The zero-order valence-electron chi connectivity index (χ0n) is 12.1. The first kappa shape index (κ1) is 13.9. The third-order valence-corrected chi connectivity index (χ3v) is 4.37. The van der Waals surface area contributed by atoms with Crippen molar-refractivity contribution in [2.75, 3.05) is 11.9 Å². The van der Waals surface area contributed by atoms with E-state index in [4.69, 9.17) is 0 Å². The van der Waals surface area contributed by atoms with Crippen molar-refractivity contribution >= 4 is 11.6 Å². The molecule has 1 unspecified atom stereocenters. The van der Waals surface area contributed by atoms with E-state index in [1.807, 2.05) is 12.1 Å². The first-order valence-corrected chi connectivity index (χ1v) is 7.22. The molecular formula is C16H24N2O. The monoisotopic (exact) mass is 260 g/mol. The minimum Gasteiger partial charge on any atom is -0.384 e. The van der Waals surface area contributed by atoms with E-state index < -0.39 is 0 Å². The Morgan fingerprint density at radius 2 is 2.05 bits per heavy atom. The van der Waals surface area contributed by atoms with Crippen molar-refractivity contribution in [3.05, 3.63) is 29.8 Å². The summed E-state index contributed by atoms with van der Waals surface area (Å²) in [6.45, 7) is 7.22. The molecule has 3 nitrogen and oxygen atoms in total. The van der Waals surface area contributed by atoms with Crippen LogP contribution in [0.1, 0.15) is 51.5 Å². The van der Waals surface area contributed by atoms with Crippen LogP contribution >= 0.6 is 0 Å². The number of para-hydroxylation sites is 1. The van der Waals surface area contributed by atoms with E-state index in [9.17, 15) is 4.79 Å². The summed E-state index contributed by atoms with van der Waals surface area (Å²) in [6, 6.07) is 8.26. The van der Waals surface area contributed by atoms with E-state index in [1.165, 1.54) is 11.3 Å². The maximum Gasteiger partial charge on any atom is 0.221 e. The number of benzene rings is 1. The summed E-state index contributed by atoms with van der Waals surface area (Å²) in [5.41, 5.74) is 2.38. The molecule has 3 heteroatoms. The molecule has 0 aromatic heterocycles. The fourth-order valence-corrected chi connectivity index (χ4v) is 2.58. The lowest BCUT2D eigenvalue weighted by Gasteiger charge is -2.28. The maximum absolute atomic E-state index is 12.2. The summed E-state index contributed by atoms with van der Waals surface area (Å²) in [5.74, 6) is 0.462. The molecular weight excluding hydrogens is 236 g/mol. The number of carbonyl (C=O) groups is 1. The first-order valence-electron chi connectivity index (χ1n) is 7.22. The molecule has 1 heterocycles. The van der Waals surface area contributed by atoms with Crippen LogP contribution in [0.15, 0.2) is 24.3 Å². The highest BCUT2D eigenvalue weighted by Crippen LogP contribution is 2.33. The summed E-state index contributed by atoms with van der Waals surface area (Å²) >= 11 is 0. The van der Waals surface area contributed by atoms with Crippen molar-refractivity contribution in [1.29, 1.82) is 0 Å². The van der Waals surface area contributed by atoms with Crippen molar-refractivity contribution in [3.63, 3.8) is 0 Å². The van der Waals surface area contributed by atoms with Crippen LogP contribution in [0, 0.1) is 0 Å². The van der Waals surface area contributed by atoms with E-state index in [-0.39, 0.29) is 11.4 Å². The molecule has 0 saturated carbocycles. The van der Waals surface area contributed by atoms with Crippen molar-refractivity contribution in [2.45, 2.75) is 51.5 Å². The fourth-order valence-electron chi connectivity index (χ4n) is 2.58. The number of rotatable bonds is 5. The van der Waals surface area contributed by atoms with Crippen molar-refractivity contribution < 1.29 is 4.79 Å². The summed E-state index contributed by atoms with van der Waals surface area (Å²) in [4.78, 5) is 12.2. The molecule has 2 rings (SSSR count). The summed E-state index contributed by atoms with van der Waals surface area (Å²) in [5, 5.41) is 6.55. The van der Waals surface area contributed by atoms with Crippen LogP contribution in [0.2, 0.25) is 0 Å². The summed E-state index contributed by atoms with van der Waals surface area (Å²) < 4.78 is 0. The van der Waals surface area contributed by atoms with Crippen LogP contribution in [0.25, 0.3) is 0 Å². The molecule has 104 valence electrons. The van der Waals surface area contributed by atoms with Crippen LogP contribution < -0.4 is 10.6 Å². The normalized spacial score (nSPS) is 17.7. The Balaban J connectivity index is 1.98. The molecule has 1 aliphatic heterocycles. The number of hydrogen-bond acceptors (Lipinski definition) is 2. The quantitative estimate of drug-likeness (QED) is 0.853. The molecule has 1 amide bonds. The van der Waals surface area contributed by atoms with E-state index in [2.05, 4.69) is 43.5 Å². The van der Waals surface area contributed by atoms with Crippen LogP contribution in [0.3, 0.4) is 0 Å². The number of amides is 1. The molecule has 0 spiro atoms. The minimum atomic E-state index is -0.0668. The van der Waals surface area contributed by atoms with E-state index in [0.717, 1.165) is 19.4 Å². The Kier molecular flexibility index (Phi) is 4.13. The maximum atomic E-state index is 12.2. The van der Waals surface area contributed by atoms with Crippen molar-refractivity contribution in [1.82, 2.24) is 5.32 Å². The molecule has 0 bridgehead atoms. The van der Waals surface area contributed by atoms with Gasteiger partial charge in [0.1, 0.15) is 0 Å². The predicted molar refractivity (Wildman–Crippen MR) is 79.4 cm³/mol. The second-order valence-electron chi connectivity index (χ2n) is 5.69. The highest BCUT2D eigenvalue weighted by Gasteiger charge is 2.27. The summed E-state index contributed by atoms with van der Waals surface area (Å²) in [7, 11) is 0. The molecule has 2 N–H and O–H groups in total. The Bertz CT molecular complexity index is 452. The van der Waals surface area contributed by atoms with E-state index >= 15 is 0 Å². The number of anilines is 1. The topological polar surface area (TPSA) is 41.1 Å². The lowest BCUT2D eigenvalue weighted by Crippen LogP contribution is -2.45. The van der Waals surface area contributed by atoms with Gasteiger partial charge in [-0.3, -0.25) is 4.79 Å². The predicted octanol–water partition coefficient (Wildman–Crippen LogP) is 3.28. The van der Waals surface area contributed by atoms with Gasteiger partial charge in [0.2, 0.25) is 5.91 Å². The van der Waals surface area contributed by atoms with Gasteiger partial charge in [-0.15, -0.1) is 0 Å². The van der Waals surface area contributed by atoms with Gasteiger partial charge < -0.3 is 10.6 Å². The lowest BCUT2D eigenvalue weighted by atomic mass is 9.93. The van der Waals surface area contributed by atoms with Gasteiger partial charge in [0.25, 0.3) is 0 Å². The van der Waals surface area contributed by atoms with Gasteiger partial charge in [0, 0.05) is 30.1 Å². The van der Waals surface area contributed by atoms with E-state index in [1.54, 1.807) is 0 Å². The molecule has 0 fully saturated rings. The molecule has 19 heavy (non-hydrogen) atoms. The molecule has 1 atom stereocenters. The number of nitrogens with one attached hydrogen (secondary N) is 2. The third-order valence-electron chi connectivity index (χ3n) is 4.37. The van der Waals surface area contributed by atoms with Gasteiger partial charge in [0.15, 0.2) is 0 Å². The SMILES string of the molecule is CCC(C)(CC)NC(=O)CC1CNc2ccccc21. The highest BCUT2D eigenvalue weighted by atomic mass is 16.1. The van der Waals surface area contributed by atoms with E-state index in [0.29, 0.717) is 12.3 Å². The van der Waals surface area contributed by atoms with Gasteiger partial charge in [-0.2, -0.15) is 0 Å². The van der Waals surface area contributed by atoms with Crippen LogP contribution in [0.5, 0.6) is 0 Å². The van der Waals surface area contributed by atoms with Gasteiger partial charge in [-0.1, -0.05) is 32.0 Å². The summed E-state index contributed by atoms with van der Waals surface area (Å²) in [6.07, 6.45) is 2.50. The van der Waals surface area contributed by atoms with Crippen LogP contribution in [-0.2, 0) is 4.79 Å². The van der Waals surface area contributed by atoms with Crippen molar-refractivity contribution in [2.24, 2.45) is 0 Å². The van der Waals surface area contributed by atoms with Gasteiger partial charge in [-0.25, -0.2) is 0 Å². The second-order valence-corrected chi connectivity index (χ2v) is 5.69. The first-order chi connectivity index (χ1) is 9.08. The van der Waals surface area contributed by atoms with Gasteiger partial charge in [0.05, 0.1) is 0 Å². The molecule has 1 aromatic rings. The molecule has 1 aromatic carbocycles. The van der Waals surface area contributed by atoms with Gasteiger partial charge in [-0.05, 0) is 31.4 Å². The van der Waals surface area contributed by atoms with Crippen LogP contribution in [-0.4, -0.2) is 18.0 Å². The van der Waals surface area contributed by atoms with Gasteiger partial charge >= 0.3 is 0 Å². The number of carbonyl (C=O) groups excluding carboxylic acids is 1. The molecule has 0 radical (unpaired) electrons. The second kappa shape index (κ2) is 5.64. The average Bonchev–Trinajstić information content (AvgIpc) is 2.82. The third kappa shape index (κ3) is 3.09. The Hall–Kier alpha value is -1.51. The zero-order chi connectivity index (χ0) is 13.9. The smallest absolute Gasteiger partial charge is 0.221 e. The fraction of sp³-hybridized carbons (Fsp3) is 0.562. The molecule has 1 aliphatic rings. The Morgan fingerprint density at radius 3 is 2.74 bits per heavy atom. The van der Waals surface area contributed by atoms with Crippen LogP contribution in [0.4, 0.5) is 5.69 Å². The average molecular weight is 260 g/mol. The number of fused-ring (bicyclic) bond motifs is 1. The standard InChI is InChI=1S/C16H24N2O/c1-4-16(3,5-2)18-15(19)10-12-11-17-14-9-7-6-8-13(12)14/h6-9,12,17H,4-5,10-11H2,1-3H3,(H,18,19). The largest absolute Gasteiger partial charge is 0.384 e.